The van der Waals surface area contributed by atoms with Crippen molar-refractivity contribution >= 4 is 33.2 Å². The van der Waals surface area contributed by atoms with Crippen LogP contribution in [0.1, 0.15) is 57.6 Å². The molecule has 4 atom stereocenters. The van der Waals surface area contributed by atoms with E-state index in [1.54, 1.807) is 31.2 Å². The molecule has 2 aliphatic heterocycles. The van der Waals surface area contributed by atoms with Crippen LogP contribution in [0, 0.1) is 11.8 Å². The molecule has 1 saturated carbocycles. The van der Waals surface area contributed by atoms with Gasteiger partial charge in [0.25, 0.3) is 15.9 Å². The van der Waals surface area contributed by atoms with Gasteiger partial charge in [0.1, 0.15) is 18.0 Å². The lowest BCUT2D eigenvalue weighted by atomic mass is 9.70. The summed E-state index contributed by atoms with van der Waals surface area (Å²) < 4.78 is 41.3. The normalized spacial score (nSPS) is 28.9. The van der Waals surface area contributed by atoms with E-state index in [0.717, 1.165) is 43.2 Å². The number of ether oxygens (including phenoxy) is 2. The third-order valence-corrected chi connectivity index (χ3v) is 10.0. The minimum Gasteiger partial charge on any atom is -0.487 e. The number of nitrogens with zero attached hydrogens (tertiary/aromatic N) is 1. The Kier molecular flexibility index (Phi) is 8.71. The lowest BCUT2D eigenvalue weighted by molar-refractivity contribution is -0.144. The molecule has 41 heavy (non-hydrogen) atoms. The van der Waals surface area contributed by atoms with Gasteiger partial charge in [-0.25, -0.2) is 13.1 Å². The van der Waals surface area contributed by atoms with Crippen LogP contribution in [0.2, 0.25) is 5.02 Å². The molecule has 1 fully saturated rings. The molecule has 0 aromatic heterocycles. The van der Waals surface area contributed by atoms with Gasteiger partial charge in [-0.3, -0.25) is 4.79 Å². The van der Waals surface area contributed by atoms with Gasteiger partial charge in [-0.15, -0.1) is 0 Å². The van der Waals surface area contributed by atoms with Crippen LogP contribution in [0.25, 0.3) is 0 Å². The number of fused-ring (bicyclic) bond motifs is 3. The summed E-state index contributed by atoms with van der Waals surface area (Å²) in [5.41, 5.74) is 1.41. The second-order valence-electron chi connectivity index (χ2n) is 11.9. The van der Waals surface area contributed by atoms with E-state index in [1.165, 1.54) is 19.9 Å². The fraction of sp³-hybridized carbons (Fsp3) is 0.516. The summed E-state index contributed by atoms with van der Waals surface area (Å²) >= 11 is 6.29. The molecule has 5 rings (SSSR count). The monoisotopic (exact) mass is 602 g/mol. The summed E-state index contributed by atoms with van der Waals surface area (Å²) in [6.07, 6.45) is 6.87. The van der Waals surface area contributed by atoms with Crippen molar-refractivity contribution in [3.8, 4) is 5.75 Å². The van der Waals surface area contributed by atoms with Crippen LogP contribution >= 0.6 is 11.6 Å². The number of aliphatic hydroxyl groups excluding tert-OH is 1. The molecule has 2 aromatic carbocycles. The zero-order valence-corrected chi connectivity index (χ0v) is 25.4. The highest BCUT2D eigenvalue weighted by Gasteiger charge is 2.38. The van der Waals surface area contributed by atoms with Crippen LogP contribution in [0.15, 0.2) is 53.4 Å². The summed E-state index contributed by atoms with van der Waals surface area (Å²) in [6.45, 7) is 6.48. The first-order chi connectivity index (χ1) is 19.4. The molecule has 10 heteroatoms. The van der Waals surface area contributed by atoms with Gasteiger partial charge in [-0.2, -0.15) is 0 Å². The summed E-state index contributed by atoms with van der Waals surface area (Å²) in [7, 11) is -4.20. The Labute approximate surface area is 247 Å². The molecule has 2 bridgehead atoms. The maximum atomic E-state index is 13.5. The average Bonchev–Trinajstić information content (AvgIpc) is 2.92. The van der Waals surface area contributed by atoms with E-state index in [1.807, 2.05) is 18.2 Å². The Balaban J connectivity index is 1.56. The van der Waals surface area contributed by atoms with Crippen molar-refractivity contribution in [2.45, 2.75) is 82.2 Å². The maximum absolute atomic E-state index is 13.5. The van der Waals surface area contributed by atoms with Crippen LogP contribution in [0.5, 0.6) is 5.75 Å². The largest absolute Gasteiger partial charge is 0.487 e. The molecule has 0 spiro atoms. The second kappa shape index (κ2) is 12.0. The Morgan fingerprint density at radius 1 is 1.07 bits per heavy atom. The van der Waals surface area contributed by atoms with Gasteiger partial charge < -0.3 is 19.5 Å². The molecule has 1 amide bonds. The van der Waals surface area contributed by atoms with Gasteiger partial charge in [-0.05, 0) is 106 Å². The Morgan fingerprint density at radius 2 is 1.88 bits per heavy atom. The average molecular weight is 603 g/mol. The lowest BCUT2D eigenvalue weighted by Gasteiger charge is -2.42. The zero-order valence-electron chi connectivity index (χ0n) is 23.8. The number of hydrogen-bond donors (Lipinski definition) is 2. The molecule has 2 N–H and O–H groups in total. The summed E-state index contributed by atoms with van der Waals surface area (Å²) in [4.78, 5) is 15.2. The molecule has 222 valence electrons. The number of rotatable bonds is 0. The molecular formula is C31H39ClN2O6S. The van der Waals surface area contributed by atoms with Crippen LogP contribution in [-0.4, -0.2) is 50.3 Å². The van der Waals surface area contributed by atoms with Crippen molar-refractivity contribution in [1.29, 1.82) is 0 Å². The first-order valence-corrected chi connectivity index (χ1v) is 16.2. The number of hydrogen-bond acceptors (Lipinski definition) is 7. The van der Waals surface area contributed by atoms with E-state index < -0.39 is 33.7 Å². The molecule has 8 nitrogen and oxygen atoms in total. The van der Waals surface area contributed by atoms with E-state index in [-0.39, 0.29) is 16.7 Å². The van der Waals surface area contributed by atoms with E-state index in [0.29, 0.717) is 36.2 Å². The van der Waals surface area contributed by atoms with Gasteiger partial charge in [0.15, 0.2) is 0 Å². The summed E-state index contributed by atoms with van der Waals surface area (Å²) in [5, 5.41) is 11.7. The van der Waals surface area contributed by atoms with Crippen LogP contribution < -0.4 is 14.4 Å². The van der Waals surface area contributed by atoms with Crippen molar-refractivity contribution in [3.05, 3.63) is 64.7 Å². The molecule has 3 aliphatic rings. The van der Waals surface area contributed by atoms with Crippen molar-refractivity contribution < 1.29 is 27.8 Å². The highest BCUT2D eigenvalue weighted by atomic mass is 35.5. The Bertz CT molecular complexity index is 1430. The van der Waals surface area contributed by atoms with Gasteiger partial charge >= 0.3 is 0 Å². The predicted molar refractivity (Wildman–Crippen MR) is 159 cm³/mol. The van der Waals surface area contributed by atoms with Crippen LogP contribution in [0.3, 0.4) is 0 Å². The van der Waals surface area contributed by atoms with Gasteiger partial charge in [-0.1, -0.05) is 29.8 Å². The molecule has 1 aliphatic carbocycles. The van der Waals surface area contributed by atoms with E-state index >= 15 is 0 Å². The highest BCUT2D eigenvalue weighted by molar-refractivity contribution is 7.90. The van der Waals surface area contributed by atoms with Crippen molar-refractivity contribution in [1.82, 2.24) is 4.72 Å². The fourth-order valence-electron chi connectivity index (χ4n) is 5.91. The van der Waals surface area contributed by atoms with Crippen LogP contribution in [-0.2, 0) is 32.6 Å². The first-order valence-electron chi connectivity index (χ1n) is 14.3. The number of aliphatic hydroxyl groups is 1. The van der Waals surface area contributed by atoms with Crippen molar-refractivity contribution in [2.75, 3.05) is 18.0 Å². The smallest absolute Gasteiger partial charge is 0.265 e. The first kappa shape index (κ1) is 29.9. The number of nitrogens with one attached hydrogen (secondary N) is 1. The quantitative estimate of drug-likeness (QED) is 0.409. The number of aryl methyl sites for hydroxylation is 1. The lowest BCUT2D eigenvalue weighted by Crippen LogP contribution is -2.48. The van der Waals surface area contributed by atoms with Gasteiger partial charge in [0, 0.05) is 18.1 Å². The molecule has 2 heterocycles. The molecule has 1 unspecified atom stereocenters. The SMILES string of the molecule is CC1/C=C/[C@H](O)[C@@H]2CC[C@H]2CN2CCCCc3cc(Cl)ccc3COc3ccc(cc32)S(=O)(=O)NC(=O)C(C)(C)O1. The number of anilines is 1. The number of benzene rings is 2. The fourth-order valence-corrected chi connectivity index (χ4v) is 7.23. The third-order valence-electron chi connectivity index (χ3n) is 8.46. The third kappa shape index (κ3) is 6.74. The van der Waals surface area contributed by atoms with E-state index in [9.17, 15) is 18.3 Å². The Morgan fingerprint density at radius 3 is 2.63 bits per heavy atom. The maximum Gasteiger partial charge on any atom is 0.265 e. The summed E-state index contributed by atoms with van der Waals surface area (Å²) in [6, 6.07) is 10.5. The summed E-state index contributed by atoms with van der Waals surface area (Å²) in [5.74, 6) is 0.0880. The van der Waals surface area contributed by atoms with E-state index in [2.05, 4.69) is 9.62 Å². The Hall–Kier alpha value is -2.59. The predicted octanol–water partition coefficient (Wildman–Crippen LogP) is 5.01. The molecular weight excluding hydrogens is 564 g/mol. The molecule has 0 saturated heterocycles. The number of amides is 1. The van der Waals surface area contributed by atoms with Crippen molar-refractivity contribution in [3.63, 3.8) is 0 Å². The standard InChI is InChI=1S/C31H39ClN2O6S/c1-20-7-13-28(35)26-12-9-22(26)18-34-15-5-4-6-21-16-24(32)10-8-23(21)19-39-29-14-11-25(17-27(29)34)41(37,38)33-30(36)31(2,3)40-20/h7-8,10-11,13-14,16-17,20,22,26,28,35H,4-6,9,12,15,18-19H2,1-3H3,(H,33,36)/b13-7+/t20?,22-,26+,28-/m0/s1. The van der Waals surface area contributed by atoms with E-state index in [4.69, 9.17) is 21.1 Å². The van der Waals surface area contributed by atoms with Crippen molar-refractivity contribution in [2.24, 2.45) is 11.8 Å². The molecule has 0 radical (unpaired) electrons. The van der Waals surface area contributed by atoms with Gasteiger partial charge in [0.2, 0.25) is 0 Å². The number of sulfonamides is 1. The topological polar surface area (TPSA) is 105 Å². The van der Waals surface area contributed by atoms with Crippen LogP contribution in [0.4, 0.5) is 5.69 Å². The molecule has 2 aromatic rings. The minimum absolute atomic E-state index is 0.0266. The highest BCUT2D eigenvalue weighted by Crippen LogP contribution is 2.41. The number of carbonyl (C=O) groups excluding carboxylic acids is 1. The zero-order chi connectivity index (χ0) is 29.4. The number of carbonyl (C=O) groups is 1. The minimum atomic E-state index is -4.20. The van der Waals surface area contributed by atoms with Gasteiger partial charge in [0.05, 0.1) is 22.8 Å². The number of halogens is 1. The second-order valence-corrected chi connectivity index (χ2v) is 14.0.